The Balaban J connectivity index is 1.74. The van der Waals surface area contributed by atoms with Crippen LogP contribution in [0.2, 0.25) is 0 Å². The summed E-state index contributed by atoms with van der Waals surface area (Å²) in [5.41, 5.74) is 2.02. The van der Waals surface area contributed by atoms with Gasteiger partial charge in [0.2, 0.25) is 0 Å². The van der Waals surface area contributed by atoms with Crippen molar-refractivity contribution in [2.45, 2.75) is 6.54 Å². The number of anilines is 1. The van der Waals surface area contributed by atoms with E-state index in [4.69, 9.17) is 4.42 Å². The second kappa shape index (κ2) is 4.86. The normalized spacial score (nSPS) is 10.7. The predicted octanol–water partition coefficient (Wildman–Crippen LogP) is 4.81. The largest absolute Gasteiger partial charge is 0.459 e. The van der Waals surface area contributed by atoms with Gasteiger partial charge in [0.25, 0.3) is 0 Å². The molecule has 0 bridgehead atoms. The van der Waals surface area contributed by atoms with E-state index in [-0.39, 0.29) is 0 Å². The van der Waals surface area contributed by atoms with E-state index < -0.39 is 0 Å². The fourth-order valence-electron chi connectivity index (χ4n) is 1.88. The van der Waals surface area contributed by atoms with E-state index in [1.165, 1.54) is 0 Å². The van der Waals surface area contributed by atoms with E-state index in [0.717, 1.165) is 26.9 Å². The highest BCUT2D eigenvalue weighted by molar-refractivity contribution is 9.10. The molecule has 3 aromatic rings. The molecule has 0 saturated heterocycles. The van der Waals surface area contributed by atoms with E-state index in [1.54, 1.807) is 0 Å². The van der Waals surface area contributed by atoms with Crippen LogP contribution < -0.4 is 5.32 Å². The van der Waals surface area contributed by atoms with Crippen LogP contribution in [-0.4, -0.2) is 0 Å². The van der Waals surface area contributed by atoms with Crippen molar-refractivity contribution in [2.24, 2.45) is 0 Å². The number of halogens is 1. The van der Waals surface area contributed by atoms with Crippen molar-refractivity contribution in [1.29, 1.82) is 0 Å². The summed E-state index contributed by atoms with van der Waals surface area (Å²) >= 11 is 3.42. The van der Waals surface area contributed by atoms with Gasteiger partial charge in [0.1, 0.15) is 11.3 Å². The molecule has 3 heteroatoms. The number of rotatable bonds is 3. The quantitative estimate of drug-likeness (QED) is 0.751. The molecule has 0 fully saturated rings. The zero-order valence-corrected chi connectivity index (χ0v) is 11.3. The number of nitrogens with one attached hydrogen (secondary N) is 1. The van der Waals surface area contributed by atoms with Crippen LogP contribution in [0.5, 0.6) is 0 Å². The van der Waals surface area contributed by atoms with E-state index >= 15 is 0 Å². The Kier molecular flexibility index (Phi) is 3.07. The zero-order chi connectivity index (χ0) is 12.4. The van der Waals surface area contributed by atoms with Crippen molar-refractivity contribution in [3.05, 3.63) is 64.8 Å². The second-order valence-electron chi connectivity index (χ2n) is 4.11. The Morgan fingerprint density at radius 1 is 1.00 bits per heavy atom. The van der Waals surface area contributed by atoms with Gasteiger partial charge in [-0.1, -0.05) is 34.1 Å². The van der Waals surface area contributed by atoms with E-state index in [1.807, 2.05) is 42.5 Å². The van der Waals surface area contributed by atoms with E-state index in [9.17, 15) is 0 Å². The minimum atomic E-state index is 0.691. The molecule has 0 saturated carbocycles. The molecular formula is C15H12BrNO. The molecule has 90 valence electrons. The highest BCUT2D eigenvalue weighted by Gasteiger charge is 2.02. The van der Waals surface area contributed by atoms with Gasteiger partial charge in [-0.2, -0.15) is 0 Å². The van der Waals surface area contributed by atoms with Crippen molar-refractivity contribution < 1.29 is 4.42 Å². The van der Waals surface area contributed by atoms with Crippen LogP contribution in [0.15, 0.2) is 63.5 Å². The third kappa shape index (κ3) is 2.41. The van der Waals surface area contributed by atoms with E-state index in [2.05, 4.69) is 33.4 Å². The Hall–Kier alpha value is -1.74. The first-order chi connectivity index (χ1) is 8.81. The second-order valence-corrected chi connectivity index (χ2v) is 5.03. The highest BCUT2D eigenvalue weighted by atomic mass is 79.9. The molecule has 0 radical (unpaired) electrons. The van der Waals surface area contributed by atoms with Crippen LogP contribution in [0.3, 0.4) is 0 Å². The van der Waals surface area contributed by atoms with Crippen molar-refractivity contribution in [3.8, 4) is 0 Å². The summed E-state index contributed by atoms with van der Waals surface area (Å²) in [6.07, 6.45) is 0. The van der Waals surface area contributed by atoms with Gasteiger partial charge < -0.3 is 9.73 Å². The fraction of sp³-hybridized carbons (Fsp3) is 0.0667. The van der Waals surface area contributed by atoms with Crippen LogP contribution in [0, 0.1) is 0 Å². The van der Waals surface area contributed by atoms with Gasteiger partial charge in [-0.05, 0) is 36.4 Å². The summed E-state index contributed by atoms with van der Waals surface area (Å²) in [4.78, 5) is 0. The van der Waals surface area contributed by atoms with Gasteiger partial charge in [0, 0.05) is 15.5 Å². The highest BCUT2D eigenvalue weighted by Crippen LogP contribution is 2.20. The third-order valence-corrected chi connectivity index (χ3v) is 3.32. The van der Waals surface area contributed by atoms with Crippen molar-refractivity contribution in [1.82, 2.24) is 0 Å². The minimum Gasteiger partial charge on any atom is -0.459 e. The van der Waals surface area contributed by atoms with Gasteiger partial charge in [-0.3, -0.25) is 0 Å². The molecule has 2 nitrogen and oxygen atoms in total. The lowest BCUT2D eigenvalue weighted by molar-refractivity contribution is 0.559. The van der Waals surface area contributed by atoms with Crippen molar-refractivity contribution in [3.63, 3.8) is 0 Å². The van der Waals surface area contributed by atoms with Gasteiger partial charge in [-0.15, -0.1) is 0 Å². The molecule has 0 aliphatic carbocycles. The molecule has 0 aliphatic heterocycles. The Morgan fingerprint density at radius 3 is 2.56 bits per heavy atom. The number of hydrogen-bond acceptors (Lipinski definition) is 2. The fourth-order valence-corrected chi connectivity index (χ4v) is 2.15. The lowest BCUT2D eigenvalue weighted by atomic mass is 10.2. The summed E-state index contributed by atoms with van der Waals surface area (Å²) in [5, 5.41) is 4.48. The standard InChI is InChI=1S/C15H12BrNO/c16-12-5-7-13(8-6-12)17-10-14-9-11-3-1-2-4-15(11)18-14/h1-9,17H,10H2. The van der Waals surface area contributed by atoms with E-state index in [0.29, 0.717) is 6.54 Å². The van der Waals surface area contributed by atoms with Crippen molar-refractivity contribution >= 4 is 32.6 Å². The molecule has 2 aromatic carbocycles. The van der Waals surface area contributed by atoms with Crippen LogP contribution in [-0.2, 0) is 6.54 Å². The number of para-hydroxylation sites is 1. The molecule has 1 N–H and O–H groups in total. The summed E-state index contributed by atoms with van der Waals surface area (Å²) in [6, 6.07) is 18.2. The summed E-state index contributed by atoms with van der Waals surface area (Å²) in [6.45, 7) is 0.691. The Bertz CT molecular complexity index is 625. The molecular weight excluding hydrogens is 290 g/mol. The van der Waals surface area contributed by atoms with Crippen LogP contribution >= 0.6 is 15.9 Å². The third-order valence-electron chi connectivity index (χ3n) is 2.79. The lowest BCUT2D eigenvalue weighted by Crippen LogP contribution is -1.97. The number of benzene rings is 2. The maximum absolute atomic E-state index is 5.74. The molecule has 1 aromatic heterocycles. The first kappa shape index (κ1) is 11.4. The van der Waals surface area contributed by atoms with Gasteiger partial charge in [0.05, 0.1) is 6.54 Å². The summed E-state index contributed by atoms with van der Waals surface area (Å²) < 4.78 is 6.82. The minimum absolute atomic E-state index is 0.691. The Labute approximate surface area is 114 Å². The van der Waals surface area contributed by atoms with Gasteiger partial charge in [0.15, 0.2) is 0 Å². The Morgan fingerprint density at radius 2 is 1.78 bits per heavy atom. The zero-order valence-electron chi connectivity index (χ0n) is 9.69. The molecule has 0 atom stereocenters. The molecule has 1 heterocycles. The van der Waals surface area contributed by atoms with Gasteiger partial charge >= 0.3 is 0 Å². The number of hydrogen-bond donors (Lipinski definition) is 1. The molecule has 18 heavy (non-hydrogen) atoms. The molecule has 0 aliphatic rings. The molecule has 0 spiro atoms. The number of fused-ring (bicyclic) bond motifs is 1. The first-order valence-corrected chi connectivity index (χ1v) is 6.57. The number of furan rings is 1. The molecule has 0 amide bonds. The summed E-state index contributed by atoms with van der Waals surface area (Å²) in [7, 11) is 0. The van der Waals surface area contributed by atoms with Crippen molar-refractivity contribution in [2.75, 3.05) is 5.32 Å². The average Bonchev–Trinajstić information content (AvgIpc) is 2.81. The smallest absolute Gasteiger partial charge is 0.134 e. The average molecular weight is 302 g/mol. The van der Waals surface area contributed by atoms with Crippen LogP contribution in [0.1, 0.15) is 5.76 Å². The monoisotopic (exact) mass is 301 g/mol. The maximum Gasteiger partial charge on any atom is 0.134 e. The maximum atomic E-state index is 5.74. The van der Waals surface area contributed by atoms with Crippen LogP contribution in [0.25, 0.3) is 11.0 Å². The molecule has 0 unspecified atom stereocenters. The lowest BCUT2D eigenvalue weighted by Gasteiger charge is -2.03. The van der Waals surface area contributed by atoms with Crippen LogP contribution in [0.4, 0.5) is 5.69 Å². The SMILES string of the molecule is Brc1ccc(NCc2cc3ccccc3o2)cc1. The predicted molar refractivity (Wildman–Crippen MR) is 77.7 cm³/mol. The topological polar surface area (TPSA) is 25.2 Å². The molecule has 3 rings (SSSR count). The first-order valence-electron chi connectivity index (χ1n) is 5.78. The van der Waals surface area contributed by atoms with Gasteiger partial charge in [-0.25, -0.2) is 0 Å². The summed E-state index contributed by atoms with van der Waals surface area (Å²) in [5.74, 6) is 0.944.